The van der Waals surface area contributed by atoms with E-state index in [0.29, 0.717) is 19.2 Å². The standard InChI is InChI=1S/C11H23NO6/c1-6(2)12-3-4-17-11-10(16)9(15)8(14)7(5-13)18-11/h6-16H,3-5H2,1-2H3/t7?,8-,9?,10?,11+/m0/s1. The van der Waals surface area contributed by atoms with E-state index in [-0.39, 0.29) is 0 Å². The molecule has 5 atom stereocenters. The number of hydrogen-bond acceptors (Lipinski definition) is 7. The Morgan fingerprint density at radius 1 is 1.17 bits per heavy atom. The van der Waals surface area contributed by atoms with Gasteiger partial charge in [0.2, 0.25) is 0 Å². The maximum Gasteiger partial charge on any atom is 0.186 e. The van der Waals surface area contributed by atoms with Crippen molar-refractivity contribution >= 4 is 0 Å². The van der Waals surface area contributed by atoms with E-state index in [1.807, 2.05) is 13.8 Å². The summed E-state index contributed by atoms with van der Waals surface area (Å²) in [7, 11) is 0. The normalized spacial score (nSPS) is 37.2. The molecule has 1 heterocycles. The Bertz CT molecular complexity index is 238. The molecule has 3 unspecified atom stereocenters. The molecule has 1 saturated heterocycles. The van der Waals surface area contributed by atoms with E-state index in [2.05, 4.69) is 5.32 Å². The van der Waals surface area contributed by atoms with Crippen molar-refractivity contribution < 1.29 is 29.9 Å². The molecule has 18 heavy (non-hydrogen) atoms. The summed E-state index contributed by atoms with van der Waals surface area (Å²) in [5.74, 6) is 0. The van der Waals surface area contributed by atoms with Crippen molar-refractivity contribution in [2.24, 2.45) is 0 Å². The minimum absolute atomic E-state index is 0.293. The molecule has 0 amide bonds. The molecule has 0 saturated carbocycles. The summed E-state index contributed by atoms with van der Waals surface area (Å²) in [6, 6.07) is 0.323. The van der Waals surface area contributed by atoms with Gasteiger partial charge in [0.15, 0.2) is 6.29 Å². The van der Waals surface area contributed by atoms with E-state index < -0.39 is 37.3 Å². The Morgan fingerprint density at radius 3 is 2.39 bits per heavy atom. The highest BCUT2D eigenvalue weighted by Crippen LogP contribution is 2.21. The van der Waals surface area contributed by atoms with Gasteiger partial charge in [-0.2, -0.15) is 0 Å². The Labute approximate surface area is 106 Å². The van der Waals surface area contributed by atoms with Gasteiger partial charge in [-0.1, -0.05) is 13.8 Å². The van der Waals surface area contributed by atoms with E-state index in [4.69, 9.17) is 14.6 Å². The van der Waals surface area contributed by atoms with Gasteiger partial charge in [-0.15, -0.1) is 0 Å². The van der Waals surface area contributed by atoms with Gasteiger partial charge in [-0.3, -0.25) is 0 Å². The summed E-state index contributed by atoms with van der Waals surface area (Å²) >= 11 is 0. The minimum Gasteiger partial charge on any atom is -0.394 e. The van der Waals surface area contributed by atoms with Crippen molar-refractivity contribution in [2.75, 3.05) is 19.8 Å². The van der Waals surface area contributed by atoms with Crippen LogP contribution >= 0.6 is 0 Å². The third kappa shape index (κ3) is 4.13. The summed E-state index contributed by atoms with van der Waals surface area (Å²) in [6.45, 7) is 4.41. The van der Waals surface area contributed by atoms with Gasteiger partial charge in [-0.05, 0) is 0 Å². The van der Waals surface area contributed by atoms with Gasteiger partial charge in [0.05, 0.1) is 13.2 Å². The molecule has 0 aromatic heterocycles. The molecule has 0 aromatic rings. The van der Waals surface area contributed by atoms with Crippen LogP contribution in [-0.4, -0.2) is 76.9 Å². The monoisotopic (exact) mass is 265 g/mol. The summed E-state index contributed by atoms with van der Waals surface area (Å²) in [6.07, 6.45) is -6.04. The lowest BCUT2D eigenvalue weighted by Crippen LogP contribution is -2.59. The molecule has 1 aliphatic heterocycles. The molecule has 0 aromatic carbocycles. The maximum absolute atomic E-state index is 9.67. The van der Waals surface area contributed by atoms with Crippen LogP contribution in [0.3, 0.4) is 0 Å². The smallest absolute Gasteiger partial charge is 0.186 e. The number of hydrogen-bond donors (Lipinski definition) is 5. The van der Waals surface area contributed by atoms with E-state index in [1.54, 1.807) is 0 Å². The zero-order valence-corrected chi connectivity index (χ0v) is 10.7. The van der Waals surface area contributed by atoms with Gasteiger partial charge in [0.25, 0.3) is 0 Å². The van der Waals surface area contributed by atoms with Gasteiger partial charge in [0, 0.05) is 12.6 Å². The van der Waals surface area contributed by atoms with Crippen LogP contribution in [0.1, 0.15) is 13.8 Å². The first-order chi connectivity index (χ1) is 8.47. The van der Waals surface area contributed by atoms with E-state index >= 15 is 0 Å². The molecule has 0 spiro atoms. The Hall–Kier alpha value is -0.280. The fourth-order valence-electron chi connectivity index (χ4n) is 1.73. The first-order valence-electron chi connectivity index (χ1n) is 6.13. The largest absolute Gasteiger partial charge is 0.394 e. The lowest BCUT2D eigenvalue weighted by molar-refractivity contribution is -0.300. The number of nitrogens with one attached hydrogen (secondary N) is 1. The lowest BCUT2D eigenvalue weighted by atomic mass is 9.99. The second-order valence-electron chi connectivity index (χ2n) is 4.68. The van der Waals surface area contributed by atoms with Gasteiger partial charge < -0.3 is 35.2 Å². The van der Waals surface area contributed by atoms with Crippen LogP contribution in [0.15, 0.2) is 0 Å². The predicted molar refractivity (Wildman–Crippen MR) is 62.9 cm³/mol. The number of aliphatic hydroxyl groups excluding tert-OH is 4. The molecule has 1 fully saturated rings. The fraction of sp³-hybridized carbons (Fsp3) is 1.00. The Kier molecular flexibility index (Phi) is 6.44. The highest BCUT2D eigenvalue weighted by molar-refractivity contribution is 4.88. The minimum atomic E-state index is -1.39. The number of ether oxygens (including phenoxy) is 2. The van der Waals surface area contributed by atoms with Crippen LogP contribution in [-0.2, 0) is 9.47 Å². The Balaban J connectivity index is 2.39. The number of rotatable bonds is 6. The highest BCUT2D eigenvalue weighted by Gasteiger charge is 2.43. The van der Waals surface area contributed by atoms with Crippen molar-refractivity contribution in [3.8, 4) is 0 Å². The topological polar surface area (TPSA) is 111 Å². The van der Waals surface area contributed by atoms with Crippen LogP contribution in [0.2, 0.25) is 0 Å². The van der Waals surface area contributed by atoms with Crippen molar-refractivity contribution in [1.29, 1.82) is 0 Å². The molecule has 5 N–H and O–H groups in total. The van der Waals surface area contributed by atoms with Crippen LogP contribution < -0.4 is 5.32 Å². The third-order valence-electron chi connectivity index (χ3n) is 2.79. The molecule has 0 bridgehead atoms. The van der Waals surface area contributed by atoms with Crippen molar-refractivity contribution in [3.05, 3.63) is 0 Å². The molecule has 108 valence electrons. The van der Waals surface area contributed by atoms with Crippen molar-refractivity contribution in [2.45, 2.75) is 50.6 Å². The van der Waals surface area contributed by atoms with Crippen LogP contribution in [0.5, 0.6) is 0 Å². The van der Waals surface area contributed by atoms with Gasteiger partial charge in [-0.25, -0.2) is 0 Å². The van der Waals surface area contributed by atoms with Gasteiger partial charge >= 0.3 is 0 Å². The van der Waals surface area contributed by atoms with E-state index in [1.165, 1.54) is 0 Å². The Morgan fingerprint density at radius 2 is 1.83 bits per heavy atom. The van der Waals surface area contributed by atoms with E-state index in [0.717, 1.165) is 0 Å². The summed E-state index contributed by atoms with van der Waals surface area (Å²) < 4.78 is 10.5. The lowest BCUT2D eigenvalue weighted by Gasteiger charge is -2.39. The molecule has 1 rings (SSSR count). The van der Waals surface area contributed by atoms with Crippen LogP contribution in [0, 0.1) is 0 Å². The summed E-state index contributed by atoms with van der Waals surface area (Å²) in [4.78, 5) is 0. The molecule has 1 aliphatic rings. The predicted octanol–water partition coefficient (Wildman–Crippen LogP) is -2.20. The second-order valence-corrected chi connectivity index (χ2v) is 4.68. The van der Waals surface area contributed by atoms with Gasteiger partial charge in [0.1, 0.15) is 24.4 Å². The fourth-order valence-corrected chi connectivity index (χ4v) is 1.73. The maximum atomic E-state index is 9.67. The van der Waals surface area contributed by atoms with E-state index in [9.17, 15) is 15.3 Å². The molecule has 7 nitrogen and oxygen atoms in total. The zero-order valence-electron chi connectivity index (χ0n) is 10.7. The first-order valence-corrected chi connectivity index (χ1v) is 6.13. The number of aliphatic hydroxyl groups is 4. The highest BCUT2D eigenvalue weighted by atomic mass is 16.7. The molecule has 7 heteroatoms. The molecule has 0 aliphatic carbocycles. The SMILES string of the molecule is CC(C)NCCO[C@@H]1OC(CO)[C@H](O)C(O)C1O. The average molecular weight is 265 g/mol. The molecular formula is C11H23NO6. The van der Waals surface area contributed by atoms with Crippen LogP contribution in [0.25, 0.3) is 0 Å². The summed E-state index contributed by atoms with van der Waals surface area (Å²) in [5, 5.41) is 40.9. The van der Waals surface area contributed by atoms with Crippen molar-refractivity contribution in [1.82, 2.24) is 5.32 Å². The first kappa shape index (κ1) is 15.8. The zero-order chi connectivity index (χ0) is 13.7. The second kappa shape index (κ2) is 7.34. The quantitative estimate of drug-likeness (QED) is 0.347. The average Bonchev–Trinajstić information content (AvgIpc) is 2.34. The summed E-state index contributed by atoms with van der Waals surface area (Å²) in [5.41, 5.74) is 0. The molecule has 0 radical (unpaired) electrons. The molecular weight excluding hydrogens is 242 g/mol. The van der Waals surface area contributed by atoms with Crippen molar-refractivity contribution in [3.63, 3.8) is 0 Å². The third-order valence-corrected chi connectivity index (χ3v) is 2.79. The van der Waals surface area contributed by atoms with Crippen LogP contribution in [0.4, 0.5) is 0 Å².